The van der Waals surface area contributed by atoms with E-state index in [1.165, 1.54) is 11.1 Å². The summed E-state index contributed by atoms with van der Waals surface area (Å²) < 4.78 is 0. The van der Waals surface area contributed by atoms with Gasteiger partial charge >= 0.3 is 0 Å². The van der Waals surface area contributed by atoms with Crippen LogP contribution in [0.1, 0.15) is 11.1 Å². The molecule has 1 aromatic heterocycles. The SMILES string of the molecule is Cc1ccc(-c2nc(SC/C=C/c3ccccc3)n[nH]2)cc1. The first kappa shape index (κ1) is 14.6. The molecular formula is C18H17N3S. The van der Waals surface area contributed by atoms with E-state index in [1.807, 2.05) is 18.2 Å². The molecule has 0 unspecified atom stereocenters. The molecule has 0 spiro atoms. The molecular weight excluding hydrogens is 290 g/mol. The lowest BCUT2D eigenvalue weighted by molar-refractivity contribution is 0.975. The van der Waals surface area contributed by atoms with Gasteiger partial charge in [0.15, 0.2) is 5.82 Å². The number of rotatable bonds is 5. The zero-order valence-corrected chi connectivity index (χ0v) is 13.2. The number of nitrogens with zero attached hydrogens (tertiary/aromatic N) is 2. The maximum atomic E-state index is 4.52. The molecule has 22 heavy (non-hydrogen) atoms. The van der Waals surface area contributed by atoms with Crippen molar-refractivity contribution in [3.8, 4) is 11.4 Å². The molecule has 0 aliphatic carbocycles. The van der Waals surface area contributed by atoms with Crippen LogP contribution in [0.25, 0.3) is 17.5 Å². The van der Waals surface area contributed by atoms with Crippen LogP contribution in [0.5, 0.6) is 0 Å². The van der Waals surface area contributed by atoms with Crippen molar-refractivity contribution in [2.75, 3.05) is 5.75 Å². The molecule has 4 heteroatoms. The molecule has 3 aromatic rings. The van der Waals surface area contributed by atoms with Gasteiger partial charge < -0.3 is 0 Å². The largest absolute Gasteiger partial charge is 0.258 e. The third-order valence-electron chi connectivity index (χ3n) is 3.21. The molecule has 0 aliphatic heterocycles. The lowest BCUT2D eigenvalue weighted by Gasteiger charge is -1.96. The van der Waals surface area contributed by atoms with Crippen LogP contribution in [0.3, 0.4) is 0 Å². The molecule has 110 valence electrons. The zero-order valence-electron chi connectivity index (χ0n) is 12.4. The van der Waals surface area contributed by atoms with Gasteiger partial charge in [0, 0.05) is 11.3 Å². The van der Waals surface area contributed by atoms with Gasteiger partial charge in [-0.05, 0) is 12.5 Å². The molecule has 1 N–H and O–H groups in total. The maximum Gasteiger partial charge on any atom is 0.209 e. The highest BCUT2D eigenvalue weighted by atomic mass is 32.2. The number of thioether (sulfide) groups is 1. The number of hydrogen-bond donors (Lipinski definition) is 1. The van der Waals surface area contributed by atoms with Crippen molar-refractivity contribution in [3.63, 3.8) is 0 Å². The molecule has 0 amide bonds. The fourth-order valence-electron chi connectivity index (χ4n) is 2.02. The van der Waals surface area contributed by atoms with Crippen LogP contribution >= 0.6 is 11.8 Å². The average molecular weight is 307 g/mol. The fraction of sp³-hybridized carbons (Fsp3) is 0.111. The molecule has 0 saturated carbocycles. The van der Waals surface area contributed by atoms with Crippen LogP contribution in [0.2, 0.25) is 0 Å². The summed E-state index contributed by atoms with van der Waals surface area (Å²) in [6.45, 7) is 2.07. The minimum absolute atomic E-state index is 0.772. The predicted molar refractivity (Wildman–Crippen MR) is 92.8 cm³/mol. The van der Waals surface area contributed by atoms with Gasteiger partial charge in [0.25, 0.3) is 0 Å². The van der Waals surface area contributed by atoms with E-state index in [0.29, 0.717) is 0 Å². The Labute approximate surface area is 134 Å². The van der Waals surface area contributed by atoms with Gasteiger partial charge in [-0.2, -0.15) is 0 Å². The van der Waals surface area contributed by atoms with Crippen molar-refractivity contribution in [2.24, 2.45) is 0 Å². The summed E-state index contributed by atoms with van der Waals surface area (Å²) in [6, 6.07) is 18.5. The summed E-state index contributed by atoms with van der Waals surface area (Å²) >= 11 is 1.62. The third-order valence-corrected chi connectivity index (χ3v) is 4.01. The normalized spacial score (nSPS) is 11.1. The minimum Gasteiger partial charge on any atom is -0.258 e. The molecule has 0 saturated heterocycles. The number of nitrogens with one attached hydrogen (secondary N) is 1. The number of hydrogen-bond acceptors (Lipinski definition) is 3. The Kier molecular flexibility index (Phi) is 4.71. The molecule has 0 aliphatic rings. The first-order valence-corrected chi connectivity index (χ1v) is 8.14. The molecule has 0 bridgehead atoms. The summed E-state index contributed by atoms with van der Waals surface area (Å²) in [4.78, 5) is 4.52. The molecule has 1 heterocycles. The van der Waals surface area contributed by atoms with Crippen molar-refractivity contribution >= 4 is 17.8 Å². The summed E-state index contributed by atoms with van der Waals surface area (Å²) in [5.74, 6) is 1.66. The van der Waals surface area contributed by atoms with E-state index in [1.54, 1.807) is 11.8 Å². The van der Waals surface area contributed by atoms with Gasteiger partial charge in [0.1, 0.15) is 0 Å². The van der Waals surface area contributed by atoms with E-state index in [0.717, 1.165) is 22.3 Å². The Bertz CT molecular complexity index is 746. The van der Waals surface area contributed by atoms with Crippen molar-refractivity contribution < 1.29 is 0 Å². The topological polar surface area (TPSA) is 41.6 Å². The van der Waals surface area contributed by atoms with E-state index in [9.17, 15) is 0 Å². The molecule has 3 nitrogen and oxygen atoms in total. The van der Waals surface area contributed by atoms with E-state index >= 15 is 0 Å². The summed E-state index contributed by atoms with van der Waals surface area (Å²) in [7, 11) is 0. The van der Waals surface area contributed by atoms with E-state index in [2.05, 4.69) is 70.7 Å². The number of aromatic amines is 1. The van der Waals surface area contributed by atoms with Gasteiger partial charge in [-0.3, -0.25) is 5.10 Å². The third kappa shape index (κ3) is 3.86. The predicted octanol–water partition coefficient (Wildman–Crippen LogP) is 4.59. The second-order valence-corrected chi connectivity index (χ2v) is 5.94. The van der Waals surface area contributed by atoms with Gasteiger partial charge in [0.2, 0.25) is 5.16 Å². The van der Waals surface area contributed by atoms with Crippen molar-refractivity contribution in [3.05, 3.63) is 71.8 Å². The van der Waals surface area contributed by atoms with Crippen molar-refractivity contribution in [1.29, 1.82) is 0 Å². The molecule has 0 fully saturated rings. The van der Waals surface area contributed by atoms with Crippen LogP contribution in [0.4, 0.5) is 0 Å². The lowest BCUT2D eigenvalue weighted by atomic mass is 10.1. The number of benzene rings is 2. The Morgan fingerprint density at radius 3 is 2.59 bits per heavy atom. The summed E-state index contributed by atoms with van der Waals surface area (Å²) in [5, 5.41) is 8.02. The highest BCUT2D eigenvalue weighted by Crippen LogP contribution is 2.19. The molecule has 2 aromatic carbocycles. The van der Waals surface area contributed by atoms with E-state index in [4.69, 9.17) is 0 Å². The minimum atomic E-state index is 0.772. The quantitative estimate of drug-likeness (QED) is 0.701. The van der Waals surface area contributed by atoms with Crippen LogP contribution in [-0.2, 0) is 0 Å². The van der Waals surface area contributed by atoms with Crippen LogP contribution in [0.15, 0.2) is 65.8 Å². The van der Waals surface area contributed by atoms with Crippen LogP contribution < -0.4 is 0 Å². The average Bonchev–Trinajstić information content (AvgIpc) is 3.02. The molecule has 3 rings (SSSR count). The van der Waals surface area contributed by atoms with Gasteiger partial charge in [-0.1, -0.05) is 84.1 Å². The van der Waals surface area contributed by atoms with Crippen molar-refractivity contribution in [2.45, 2.75) is 12.1 Å². The first-order chi connectivity index (χ1) is 10.8. The van der Waals surface area contributed by atoms with Crippen molar-refractivity contribution in [1.82, 2.24) is 15.2 Å². The standard InChI is InChI=1S/C18H17N3S/c1-14-9-11-16(12-10-14)17-19-18(21-20-17)22-13-5-8-15-6-3-2-4-7-15/h2-12H,13H2,1H3,(H,19,20,21)/b8-5+. The summed E-state index contributed by atoms with van der Waals surface area (Å²) in [5.41, 5.74) is 3.51. The monoisotopic (exact) mass is 307 g/mol. The highest BCUT2D eigenvalue weighted by molar-refractivity contribution is 7.99. The Morgan fingerprint density at radius 1 is 1.05 bits per heavy atom. The lowest BCUT2D eigenvalue weighted by Crippen LogP contribution is -1.81. The number of H-pyrrole nitrogens is 1. The van der Waals surface area contributed by atoms with Gasteiger partial charge in [0.05, 0.1) is 0 Å². The highest BCUT2D eigenvalue weighted by Gasteiger charge is 2.05. The second kappa shape index (κ2) is 7.09. The number of aromatic nitrogens is 3. The fourth-order valence-corrected chi connectivity index (χ4v) is 2.63. The van der Waals surface area contributed by atoms with Crippen LogP contribution in [-0.4, -0.2) is 20.9 Å². The van der Waals surface area contributed by atoms with Gasteiger partial charge in [-0.25, -0.2) is 4.98 Å². The number of aryl methyl sites for hydroxylation is 1. The summed E-state index contributed by atoms with van der Waals surface area (Å²) in [6.07, 6.45) is 4.24. The molecule has 0 atom stereocenters. The second-order valence-electron chi connectivity index (χ2n) is 4.96. The first-order valence-electron chi connectivity index (χ1n) is 7.15. The Morgan fingerprint density at radius 2 is 1.82 bits per heavy atom. The Hall–Kier alpha value is -2.33. The maximum absolute atomic E-state index is 4.52. The zero-order chi connectivity index (χ0) is 15.2. The van der Waals surface area contributed by atoms with E-state index < -0.39 is 0 Å². The van der Waals surface area contributed by atoms with Crippen LogP contribution in [0, 0.1) is 6.92 Å². The smallest absolute Gasteiger partial charge is 0.209 e. The van der Waals surface area contributed by atoms with Gasteiger partial charge in [-0.15, -0.1) is 5.10 Å². The Balaban J connectivity index is 1.58. The van der Waals surface area contributed by atoms with E-state index in [-0.39, 0.29) is 0 Å². The molecule has 0 radical (unpaired) electrons.